The summed E-state index contributed by atoms with van der Waals surface area (Å²) < 4.78 is 51.0. The molecule has 26 heavy (non-hydrogen) atoms. The van der Waals surface area contributed by atoms with E-state index in [4.69, 9.17) is 0 Å². The fourth-order valence-electron chi connectivity index (χ4n) is 2.88. The lowest BCUT2D eigenvalue weighted by Crippen LogP contribution is -2.46. The third-order valence-corrected chi connectivity index (χ3v) is 6.92. The van der Waals surface area contributed by atoms with E-state index in [1.54, 1.807) is 4.90 Å². The second-order valence-electron chi connectivity index (χ2n) is 7.12. The largest absolute Gasteiger partial charge is 0.343 e. The predicted molar refractivity (Wildman–Crippen MR) is 98.9 cm³/mol. The zero-order valence-corrected chi connectivity index (χ0v) is 16.9. The molecule has 1 amide bonds. The van der Waals surface area contributed by atoms with Crippen molar-refractivity contribution in [1.82, 2.24) is 9.62 Å². The maximum absolute atomic E-state index is 12.6. The van der Waals surface area contributed by atoms with Crippen LogP contribution in [0.25, 0.3) is 0 Å². The van der Waals surface area contributed by atoms with Gasteiger partial charge >= 0.3 is 0 Å². The summed E-state index contributed by atoms with van der Waals surface area (Å²) >= 11 is 0. The van der Waals surface area contributed by atoms with Crippen molar-refractivity contribution in [2.24, 2.45) is 5.92 Å². The van der Waals surface area contributed by atoms with Crippen molar-refractivity contribution in [2.75, 3.05) is 19.3 Å². The number of sulfone groups is 1. The maximum Gasteiger partial charge on any atom is 0.240 e. The Bertz CT molecular complexity index is 855. The van der Waals surface area contributed by atoms with E-state index >= 15 is 0 Å². The van der Waals surface area contributed by atoms with E-state index in [1.807, 2.05) is 13.8 Å². The molecule has 7 nitrogen and oxygen atoms in total. The lowest BCUT2D eigenvalue weighted by Gasteiger charge is -2.32. The first-order valence-corrected chi connectivity index (χ1v) is 12.0. The van der Waals surface area contributed by atoms with Crippen LogP contribution in [0.15, 0.2) is 34.1 Å². The first-order chi connectivity index (χ1) is 12.0. The number of rotatable bonds is 6. The number of nitrogens with one attached hydrogen (secondary N) is 1. The molecule has 1 aromatic carbocycles. The minimum absolute atomic E-state index is 0.0329. The highest BCUT2D eigenvalue weighted by Gasteiger charge is 2.27. The van der Waals surface area contributed by atoms with Crippen molar-refractivity contribution >= 4 is 25.8 Å². The van der Waals surface area contributed by atoms with Gasteiger partial charge in [0.05, 0.1) is 9.79 Å². The molecule has 146 valence electrons. The molecular formula is C17H26N2O5S2. The van der Waals surface area contributed by atoms with E-state index in [0.717, 1.165) is 6.26 Å². The standard InChI is InChI=1S/C17H26N2O5S2/c1-13(2)11-17(20)19-9-7-14(8-10-19)18-26(23,24)16-6-4-5-15(12-16)25(3,21)22/h4-6,12-14,18H,7-11H2,1-3H3. The summed E-state index contributed by atoms with van der Waals surface area (Å²) in [7, 11) is -7.30. The normalized spacial score (nSPS) is 16.8. The van der Waals surface area contributed by atoms with Gasteiger partial charge < -0.3 is 4.90 Å². The van der Waals surface area contributed by atoms with Crippen molar-refractivity contribution in [2.45, 2.75) is 48.9 Å². The monoisotopic (exact) mass is 402 g/mol. The number of nitrogens with zero attached hydrogens (tertiary/aromatic N) is 1. The van der Waals surface area contributed by atoms with E-state index in [-0.39, 0.29) is 21.7 Å². The molecule has 0 radical (unpaired) electrons. The average Bonchev–Trinajstić information content (AvgIpc) is 2.54. The fraction of sp³-hybridized carbons (Fsp3) is 0.588. The van der Waals surface area contributed by atoms with Gasteiger partial charge in [-0.2, -0.15) is 0 Å². The summed E-state index contributed by atoms with van der Waals surface area (Å²) in [5.41, 5.74) is 0. The summed E-state index contributed by atoms with van der Waals surface area (Å²) in [6, 6.07) is 5.05. The SMILES string of the molecule is CC(C)CC(=O)N1CCC(NS(=O)(=O)c2cccc(S(C)(=O)=O)c2)CC1. The van der Waals surface area contributed by atoms with Crippen LogP contribution in [0.5, 0.6) is 0 Å². The first-order valence-electron chi connectivity index (χ1n) is 8.59. The van der Waals surface area contributed by atoms with Crippen molar-refractivity contribution in [3.8, 4) is 0 Å². The Morgan fingerprint density at radius 3 is 2.27 bits per heavy atom. The molecule has 0 bridgehead atoms. The Morgan fingerprint density at radius 2 is 1.73 bits per heavy atom. The summed E-state index contributed by atoms with van der Waals surface area (Å²) in [4.78, 5) is 13.8. The molecule has 0 aliphatic carbocycles. The highest BCUT2D eigenvalue weighted by atomic mass is 32.2. The number of hydrogen-bond donors (Lipinski definition) is 1. The summed E-state index contributed by atoms with van der Waals surface area (Å²) in [5.74, 6) is 0.392. The predicted octanol–water partition coefficient (Wildman–Crippen LogP) is 1.41. The molecule has 1 N–H and O–H groups in total. The molecule has 1 aliphatic heterocycles. The van der Waals surface area contributed by atoms with Gasteiger partial charge in [0, 0.05) is 31.8 Å². The molecular weight excluding hydrogens is 376 g/mol. The van der Waals surface area contributed by atoms with Gasteiger partial charge in [-0.15, -0.1) is 0 Å². The van der Waals surface area contributed by atoms with E-state index in [2.05, 4.69) is 4.72 Å². The van der Waals surface area contributed by atoms with E-state index in [0.29, 0.717) is 38.3 Å². The summed E-state index contributed by atoms with van der Waals surface area (Å²) in [5, 5.41) is 0. The van der Waals surface area contributed by atoms with Crippen LogP contribution in [-0.4, -0.2) is 53.0 Å². The number of carbonyl (C=O) groups excluding carboxylic acids is 1. The molecule has 0 atom stereocenters. The number of hydrogen-bond acceptors (Lipinski definition) is 5. The second kappa shape index (κ2) is 8.06. The van der Waals surface area contributed by atoms with Gasteiger partial charge in [-0.25, -0.2) is 21.6 Å². The number of carbonyl (C=O) groups is 1. The van der Waals surface area contributed by atoms with E-state index < -0.39 is 19.9 Å². The molecule has 9 heteroatoms. The highest BCUT2D eigenvalue weighted by molar-refractivity contribution is 7.91. The van der Waals surface area contributed by atoms with Crippen LogP contribution in [0.1, 0.15) is 33.1 Å². The van der Waals surface area contributed by atoms with Crippen LogP contribution in [0, 0.1) is 5.92 Å². The molecule has 0 spiro atoms. The molecule has 0 saturated carbocycles. The Morgan fingerprint density at radius 1 is 1.15 bits per heavy atom. The minimum Gasteiger partial charge on any atom is -0.343 e. The maximum atomic E-state index is 12.6. The fourth-order valence-corrected chi connectivity index (χ4v) is 4.98. The zero-order valence-electron chi connectivity index (χ0n) is 15.3. The molecule has 0 unspecified atom stereocenters. The van der Waals surface area contributed by atoms with Gasteiger partial charge in [0.25, 0.3) is 0 Å². The van der Waals surface area contributed by atoms with Crippen molar-refractivity contribution < 1.29 is 21.6 Å². The Kier molecular flexibility index (Phi) is 6.46. The molecule has 1 aliphatic rings. The second-order valence-corrected chi connectivity index (χ2v) is 10.9. The average molecular weight is 403 g/mol. The minimum atomic E-state index is -3.82. The van der Waals surface area contributed by atoms with Crippen LogP contribution in [0.4, 0.5) is 0 Å². The lowest BCUT2D eigenvalue weighted by atomic mass is 10.0. The third kappa shape index (κ3) is 5.52. The highest BCUT2D eigenvalue weighted by Crippen LogP contribution is 2.19. The van der Waals surface area contributed by atoms with Crippen LogP contribution >= 0.6 is 0 Å². The molecule has 1 saturated heterocycles. The molecule has 1 aromatic rings. The van der Waals surface area contributed by atoms with Gasteiger partial charge in [0.15, 0.2) is 9.84 Å². The Balaban J connectivity index is 2.02. The molecule has 0 aromatic heterocycles. The smallest absolute Gasteiger partial charge is 0.240 e. The topological polar surface area (TPSA) is 101 Å². The van der Waals surface area contributed by atoms with Gasteiger partial charge in [-0.05, 0) is 37.0 Å². The van der Waals surface area contributed by atoms with Crippen LogP contribution in [-0.2, 0) is 24.7 Å². The van der Waals surface area contributed by atoms with Gasteiger partial charge in [-0.1, -0.05) is 19.9 Å². The lowest BCUT2D eigenvalue weighted by molar-refractivity contribution is -0.133. The number of benzene rings is 1. The summed E-state index contributed by atoms with van der Waals surface area (Å²) in [6.07, 6.45) is 2.61. The van der Waals surface area contributed by atoms with Gasteiger partial charge in [0.1, 0.15) is 0 Å². The van der Waals surface area contributed by atoms with Crippen LogP contribution < -0.4 is 4.72 Å². The van der Waals surface area contributed by atoms with Crippen LogP contribution in [0.3, 0.4) is 0 Å². The summed E-state index contributed by atoms with van der Waals surface area (Å²) in [6.45, 7) is 5.01. The molecule has 2 rings (SSSR count). The number of piperidine rings is 1. The van der Waals surface area contributed by atoms with E-state index in [1.165, 1.54) is 24.3 Å². The Labute approximate surface area is 155 Å². The van der Waals surface area contributed by atoms with Gasteiger partial charge in [0.2, 0.25) is 15.9 Å². The first kappa shape index (κ1) is 20.9. The van der Waals surface area contributed by atoms with E-state index in [9.17, 15) is 21.6 Å². The van der Waals surface area contributed by atoms with Crippen molar-refractivity contribution in [3.63, 3.8) is 0 Å². The van der Waals surface area contributed by atoms with Crippen molar-refractivity contribution in [1.29, 1.82) is 0 Å². The zero-order chi connectivity index (χ0) is 19.5. The number of amides is 1. The third-order valence-electron chi connectivity index (χ3n) is 4.30. The molecule has 1 heterocycles. The quantitative estimate of drug-likeness (QED) is 0.775. The number of sulfonamides is 1. The molecule has 1 fully saturated rings. The van der Waals surface area contributed by atoms with Gasteiger partial charge in [-0.3, -0.25) is 4.79 Å². The van der Waals surface area contributed by atoms with Crippen LogP contribution in [0.2, 0.25) is 0 Å². The van der Waals surface area contributed by atoms with Crippen molar-refractivity contribution in [3.05, 3.63) is 24.3 Å². The Hall–Kier alpha value is -1.45. The number of likely N-dealkylation sites (tertiary alicyclic amines) is 1.